The van der Waals surface area contributed by atoms with Gasteiger partial charge in [-0.3, -0.25) is 9.78 Å². The van der Waals surface area contributed by atoms with Gasteiger partial charge in [0.2, 0.25) is 0 Å². The van der Waals surface area contributed by atoms with Crippen molar-refractivity contribution in [1.82, 2.24) is 20.0 Å². The number of nitrogens with one attached hydrogen (secondary N) is 2. The van der Waals surface area contributed by atoms with E-state index >= 15 is 0 Å². The molecule has 2 aromatic heterocycles. The maximum Gasteiger partial charge on any atom is 0.358 e. The predicted molar refractivity (Wildman–Crippen MR) is 111 cm³/mol. The van der Waals surface area contributed by atoms with Gasteiger partial charge in [-0.15, -0.1) is 0 Å². The summed E-state index contributed by atoms with van der Waals surface area (Å²) < 4.78 is 6.46. The molecule has 0 aliphatic carbocycles. The molecular formula is C19H23Cl2N5O2. The summed E-state index contributed by atoms with van der Waals surface area (Å²) in [6.45, 7) is 8.64. The van der Waals surface area contributed by atoms with Gasteiger partial charge in [0.1, 0.15) is 5.69 Å². The number of hydrogen-bond donors (Lipinski definition) is 2. The van der Waals surface area contributed by atoms with Gasteiger partial charge in [0, 0.05) is 17.5 Å². The van der Waals surface area contributed by atoms with Crippen LogP contribution in [0.25, 0.3) is 10.9 Å². The van der Waals surface area contributed by atoms with Gasteiger partial charge in [-0.1, -0.05) is 44.0 Å². The molecule has 0 amide bonds. The Morgan fingerprint density at radius 1 is 1.32 bits per heavy atom. The molecule has 0 radical (unpaired) electrons. The van der Waals surface area contributed by atoms with Crippen LogP contribution in [0, 0.1) is 0 Å². The third-order valence-corrected chi connectivity index (χ3v) is 5.12. The van der Waals surface area contributed by atoms with Gasteiger partial charge >= 0.3 is 5.97 Å². The number of H-pyrrole nitrogens is 1. The molecule has 0 fully saturated rings. The third kappa shape index (κ3) is 3.82. The Hall–Kier alpha value is -2.25. The number of rotatable bonds is 5. The molecule has 2 N–H and O–H groups in total. The summed E-state index contributed by atoms with van der Waals surface area (Å²) in [7, 11) is 1.66. The molecule has 0 saturated carbocycles. The zero-order chi connectivity index (χ0) is 20.6. The van der Waals surface area contributed by atoms with Crippen LogP contribution >= 0.6 is 23.2 Å². The molecule has 0 aliphatic rings. The molecule has 9 heteroatoms. The molecule has 2 heterocycles. The molecule has 3 rings (SSSR count). The molecule has 0 saturated heterocycles. The van der Waals surface area contributed by atoms with Crippen molar-refractivity contribution in [2.45, 2.75) is 39.7 Å². The van der Waals surface area contributed by atoms with E-state index in [1.807, 2.05) is 12.1 Å². The van der Waals surface area contributed by atoms with E-state index in [9.17, 15) is 4.79 Å². The number of fused-ring (bicyclic) bond motifs is 1. The van der Waals surface area contributed by atoms with E-state index in [1.165, 1.54) is 4.68 Å². The van der Waals surface area contributed by atoms with E-state index in [0.717, 1.165) is 16.5 Å². The summed E-state index contributed by atoms with van der Waals surface area (Å²) in [5.41, 5.74) is 2.53. The van der Waals surface area contributed by atoms with Crippen LogP contribution < -0.4 is 5.32 Å². The fourth-order valence-electron chi connectivity index (χ4n) is 3.00. The SMILES string of the molecule is CCOC(=O)c1c(Cl)c(CNc2n[nH]c3cc(Cl)c(C(C)(C)C)cc23)nn1C. The van der Waals surface area contributed by atoms with Crippen molar-refractivity contribution in [1.29, 1.82) is 0 Å². The lowest BCUT2D eigenvalue weighted by Crippen LogP contribution is -2.11. The van der Waals surface area contributed by atoms with Gasteiger partial charge in [-0.05, 0) is 30.0 Å². The number of aromatic amines is 1. The summed E-state index contributed by atoms with van der Waals surface area (Å²) in [5.74, 6) is 0.167. The molecule has 0 unspecified atom stereocenters. The first kappa shape index (κ1) is 20.5. The largest absolute Gasteiger partial charge is 0.461 e. The quantitative estimate of drug-likeness (QED) is 0.581. The maximum absolute atomic E-state index is 12.1. The second-order valence-corrected chi connectivity index (χ2v) is 8.29. The number of carbonyl (C=O) groups is 1. The Balaban J connectivity index is 1.89. The Kier molecular flexibility index (Phi) is 5.59. The first-order chi connectivity index (χ1) is 13.1. The van der Waals surface area contributed by atoms with E-state index in [-0.39, 0.29) is 22.7 Å². The molecule has 3 aromatic rings. The normalized spacial score (nSPS) is 11.8. The molecule has 28 heavy (non-hydrogen) atoms. The van der Waals surface area contributed by atoms with Crippen LogP contribution in [0.2, 0.25) is 10.0 Å². The van der Waals surface area contributed by atoms with Gasteiger partial charge in [0.15, 0.2) is 11.5 Å². The van der Waals surface area contributed by atoms with Crippen molar-refractivity contribution >= 4 is 45.9 Å². The summed E-state index contributed by atoms with van der Waals surface area (Å²) >= 11 is 12.8. The van der Waals surface area contributed by atoms with Crippen LogP contribution in [0.15, 0.2) is 12.1 Å². The average Bonchev–Trinajstić information content (AvgIpc) is 3.11. The van der Waals surface area contributed by atoms with Crippen LogP contribution in [0.1, 0.15) is 49.4 Å². The Bertz CT molecular complexity index is 1030. The number of nitrogens with zero attached hydrogens (tertiary/aromatic N) is 3. The number of carbonyl (C=O) groups excluding carboxylic acids is 1. The molecule has 0 atom stereocenters. The number of benzene rings is 1. The molecule has 0 aliphatic heterocycles. The van der Waals surface area contributed by atoms with E-state index in [1.54, 1.807) is 14.0 Å². The minimum absolute atomic E-state index is 0.0986. The molecule has 7 nitrogen and oxygen atoms in total. The van der Waals surface area contributed by atoms with Crippen molar-refractivity contribution in [2.75, 3.05) is 11.9 Å². The maximum atomic E-state index is 12.1. The highest BCUT2D eigenvalue weighted by Gasteiger charge is 2.23. The third-order valence-electron chi connectivity index (χ3n) is 4.41. The van der Waals surface area contributed by atoms with Crippen molar-refractivity contribution in [3.8, 4) is 0 Å². The molecular weight excluding hydrogens is 401 g/mol. The number of hydrogen-bond acceptors (Lipinski definition) is 5. The smallest absolute Gasteiger partial charge is 0.358 e. The van der Waals surface area contributed by atoms with Crippen LogP contribution in [0.5, 0.6) is 0 Å². The number of anilines is 1. The monoisotopic (exact) mass is 423 g/mol. The lowest BCUT2D eigenvalue weighted by atomic mass is 9.86. The van der Waals surface area contributed by atoms with Gasteiger partial charge < -0.3 is 10.1 Å². The second kappa shape index (κ2) is 7.64. The van der Waals surface area contributed by atoms with Gasteiger partial charge in [0.25, 0.3) is 0 Å². The van der Waals surface area contributed by atoms with Crippen LogP contribution in [0.3, 0.4) is 0 Å². The predicted octanol–water partition coefficient (Wildman–Crippen LogP) is 4.69. The molecule has 1 aromatic carbocycles. The summed E-state index contributed by atoms with van der Waals surface area (Å²) in [5, 5.41) is 16.8. The van der Waals surface area contributed by atoms with Gasteiger partial charge in [0.05, 0.1) is 23.7 Å². The highest BCUT2D eigenvalue weighted by atomic mass is 35.5. The van der Waals surface area contributed by atoms with Crippen LogP contribution in [-0.2, 0) is 23.7 Å². The number of aryl methyl sites for hydroxylation is 1. The van der Waals surface area contributed by atoms with Gasteiger partial charge in [-0.2, -0.15) is 10.2 Å². The topological polar surface area (TPSA) is 84.8 Å². The standard InChI is InChI=1S/C19H23Cl2N5O2/c1-6-28-18(27)16-15(21)14(25-26(16)5)9-22-17-10-7-11(19(2,3)4)12(20)8-13(10)23-24-17/h7-8H,6,9H2,1-5H3,(H2,22,23,24). The lowest BCUT2D eigenvalue weighted by molar-refractivity contribution is 0.0514. The lowest BCUT2D eigenvalue weighted by Gasteiger charge is -2.20. The summed E-state index contributed by atoms with van der Waals surface area (Å²) in [4.78, 5) is 12.1. The van der Waals surface area contributed by atoms with E-state index in [2.05, 4.69) is 41.4 Å². The van der Waals surface area contributed by atoms with Crippen molar-refractivity contribution in [3.63, 3.8) is 0 Å². The highest BCUT2D eigenvalue weighted by Crippen LogP contribution is 2.35. The zero-order valence-corrected chi connectivity index (χ0v) is 18.0. The fraction of sp³-hybridized carbons (Fsp3) is 0.421. The fourth-order valence-corrected chi connectivity index (χ4v) is 3.75. The van der Waals surface area contributed by atoms with Gasteiger partial charge in [-0.25, -0.2) is 4.79 Å². The Labute approximate surface area is 173 Å². The Morgan fingerprint density at radius 3 is 2.68 bits per heavy atom. The van der Waals surface area contributed by atoms with Crippen molar-refractivity contribution in [3.05, 3.63) is 39.1 Å². The minimum Gasteiger partial charge on any atom is -0.461 e. The number of aromatic nitrogens is 4. The summed E-state index contributed by atoms with van der Waals surface area (Å²) in [6.07, 6.45) is 0. The number of ether oxygens (including phenoxy) is 1. The van der Waals surface area contributed by atoms with E-state index in [0.29, 0.717) is 23.1 Å². The zero-order valence-electron chi connectivity index (χ0n) is 16.5. The van der Waals surface area contributed by atoms with E-state index < -0.39 is 5.97 Å². The van der Waals surface area contributed by atoms with Crippen molar-refractivity contribution in [2.24, 2.45) is 7.05 Å². The Morgan fingerprint density at radius 2 is 2.04 bits per heavy atom. The van der Waals surface area contributed by atoms with Crippen LogP contribution in [-0.4, -0.2) is 32.6 Å². The average molecular weight is 424 g/mol. The van der Waals surface area contributed by atoms with Crippen LogP contribution in [0.4, 0.5) is 5.82 Å². The summed E-state index contributed by atoms with van der Waals surface area (Å²) in [6, 6.07) is 3.91. The van der Waals surface area contributed by atoms with E-state index in [4.69, 9.17) is 27.9 Å². The first-order valence-corrected chi connectivity index (χ1v) is 9.69. The number of halogens is 2. The number of esters is 1. The second-order valence-electron chi connectivity index (χ2n) is 7.51. The first-order valence-electron chi connectivity index (χ1n) is 8.94. The molecule has 150 valence electrons. The molecule has 0 spiro atoms. The highest BCUT2D eigenvalue weighted by molar-refractivity contribution is 6.34. The molecule has 0 bridgehead atoms. The minimum atomic E-state index is -0.497. The van der Waals surface area contributed by atoms with Crippen molar-refractivity contribution < 1.29 is 9.53 Å².